The fourth-order valence-electron chi connectivity index (χ4n) is 1.63. The van der Waals surface area contributed by atoms with Crippen molar-refractivity contribution in [1.82, 2.24) is 4.90 Å². The second-order valence-electron chi connectivity index (χ2n) is 3.74. The Morgan fingerprint density at radius 2 is 2.29 bits per heavy atom. The van der Waals surface area contributed by atoms with Crippen LogP contribution in [0.5, 0.6) is 0 Å². The Labute approximate surface area is 101 Å². The highest BCUT2D eigenvalue weighted by Crippen LogP contribution is 2.14. The van der Waals surface area contributed by atoms with E-state index in [2.05, 4.69) is 11.5 Å². The molecule has 1 aromatic carbocycles. The first-order valence-corrected chi connectivity index (χ1v) is 5.44. The van der Waals surface area contributed by atoms with Crippen LogP contribution in [-0.4, -0.2) is 29.5 Å². The maximum atomic E-state index is 10.6. The van der Waals surface area contributed by atoms with Crippen LogP contribution >= 0.6 is 0 Å². The molecule has 2 N–H and O–H groups in total. The van der Waals surface area contributed by atoms with Gasteiger partial charge < -0.3 is 5.73 Å². The largest absolute Gasteiger partial charge is 0.329 e. The zero-order valence-corrected chi connectivity index (χ0v) is 9.71. The van der Waals surface area contributed by atoms with Gasteiger partial charge in [0, 0.05) is 38.3 Å². The second kappa shape index (κ2) is 6.78. The average Bonchev–Trinajstić information content (AvgIpc) is 2.30. The summed E-state index contributed by atoms with van der Waals surface area (Å²) in [5, 5.41) is 10.6. The van der Waals surface area contributed by atoms with Crippen molar-refractivity contribution in [2.75, 3.05) is 19.6 Å². The lowest BCUT2D eigenvalue weighted by atomic mass is 10.2. The second-order valence-corrected chi connectivity index (χ2v) is 3.74. The number of non-ortho nitro benzene ring substituents is 1. The van der Waals surface area contributed by atoms with Crippen molar-refractivity contribution in [2.45, 2.75) is 6.54 Å². The molecule has 0 radical (unpaired) electrons. The van der Waals surface area contributed by atoms with Crippen LogP contribution < -0.4 is 5.73 Å². The molecule has 0 spiro atoms. The molecule has 5 heteroatoms. The van der Waals surface area contributed by atoms with Gasteiger partial charge in [0.1, 0.15) is 0 Å². The first-order valence-electron chi connectivity index (χ1n) is 5.44. The summed E-state index contributed by atoms with van der Waals surface area (Å²) < 4.78 is 0. The fourth-order valence-corrected chi connectivity index (χ4v) is 1.63. The van der Waals surface area contributed by atoms with Gasteiger partial charge in [-0.25, -0.2) is 0 Å². The molecule has 0 saturated carbocycles. The molecule has 92 valence electrons. The normalized spacial score (nSPS) is 10.5. The molecule has 0 unspecified atom stereocenters. The van der Waals surface area contributed by atoms with Crippen LogP contribution in [0.2, 0.25) is 0 Å². The molecule has 0 bridgehead atoms. The van der Waals surface area contributed by atoms with Gasteiger partial charge in [-0.05, 0) is 5.56 Å². The molecule has 0 atom stereocenters. The van der Waals surface area contributed by atoms with E-state index in [4.69, 9.17) is 5.73 Å². The number of rotatable bonds is 7. The van der Waals surface area contributed by atoms with Gasteiger partial charge >= 0.3 is 0 Å². The zero-order valence-electron chi connectivity index (χ0n) is 9.71. The Hall–Kier alpha value is -1.72. The van der Waals surface area contributed by atoms with Crippen LogP contribution in [0.25, 0.3) is 0 Å². The minimum Gasteiger partial charge on any atom is -0.329 e. The molecule has 0 amide bonds. The van der Waals surface area contributed by atoms with Crippen molar-refractivity contribution in [3.8, 4) is 0 Å². The van der Waals surface area contributed by atoms with E-state index in [9.17, 15) is 10.1 Å². The third kappa shape index (κ3) is 4.34. The molecule has 5 nitrogen and oxygen atoms in total. The number of nitrogens with zero attached hydrogens (tertiary/aromatic N) is 2. The Balaban J connectivity index is 2.74. The molecule has 0 aliphatic rings. The van der Waals surface area contributed by atoms with Crippen molar-refractivity contribution >= 4 is 5.69 Å². The third-order valence-corrected chi connectivity index (χ3v) is 2.36. The smallest absolute Gasteiger partial charge is 0.269 e. The summed E-state index contributed by atoms with van der Waals surface area (Å²) in [7, 11) is 0. The van der Waals surface area contributed by atoms with Crippen molar-refractivity contribution in [2.24, 2.45) is 5.73 Å². The summed E-state index contributed by atoms with van der Waals surface area (Å²) >= 11 is 0. The summed E-state index contributed by atoms with van der Waals surface area (Å²) in [6, 6.07) is 6.65. The van der Waals surface area contributed by atoms with E-state index in [1.165, 1.54) is 6.07 Å². The SMILES string of the molecule is C=CCN(CCN)Cc1cccc([N+](=O)[O-])c1. The van der Waals surface area contributed by atoms with Crippen LogP contribution in [0.4, 0.5) is 5.69 Å². The van der Waals surface area contributed by atoms with Crippen LogP contribution in [0.3, 0.4) is 0 Å². The predicted octanol–water partition coefficient (Wildman–Crippen LogP) is 1.54. The van der Waals surface area contributed by atoms with Crippen molar-refractivity contribution in [3.63, 3.8) is 0 Å². The van der Waals surface area contributed by atoms with Crippen LogP contribution in [-0.2, 0) is 6.54 Å². The fraction of sp³-hybridized carbons (Fsp3) is 0.333. The molecule has 1 aromatic rings. The van der Waals surface area contributed by atoms with E-state index >= 15 is 0 Å². The van der Waals surface area contributed by atoms with Crippen LogP contribution in [0.15, 0.2) is 36.9 Å². The number of hydrogen-bond donors (Lipinski definition) is 1. The molecule has 1 rings (SSSR count). The quantitative estimate of drug-likeness (QED) is 0.442. The van der Waals surface area contributed by atoms with Gasteiger partial charge in [0.15, 0.2) is 0 Å². The number of nitro benzene ring substituents is 1. The van der Waals surface area contributed by atoms with E-state index in [-0.39, 0.29) is 10.6 Å². The van der Waals surface area contributed by atoms with Gasteiger partial charge in [-0.15, -0.1) is 6.58 Å². The van der Waals surface area contributed by atoms with E-state index in [1.54, 1.807) is 18.2 Å². The highest BCUT2D eigenvalue weighted by Gasteiger charge is 2.08. The Kier molecular flexibility index (Phi) is 5.32. The van der Waals surface area contributed by atoms with E-state index in [1.807, 2.05) is 6.07 Å². The maximum absolute atomic E-state index is 10.6. The van der Waals surface area contributed by atoms with E-state index < -0.39 is 0 Å². The summed E-state index contributed by atoms with van der Waals surface area (Å²) in [6.45, 7) is 6.35. The number of benzene rings is 1. The first-order chi connectivity index (χ1) is 8.17. The van der Waals surface area contributed by atoms with Gasteiger partial charge in [-0.3, -0.25) is 15.0 Å². The van der Waals surface area contributed by atoms with Gasteiger partial charge in [0.25, 0.3) is 5.69 Å². The summed E-state index contributed by atoms with van der Waals surface area (Å²) in [4.78, 5) is 12.4. The highest BCUT2D eigenvalue weighted by atomic mass is 16.6. The molecule has 17 heavy (non-hydrogen) atoms. The van der Waals surface area contributed by atoms with E-state index in [0.29, 0.717) is 13.1 Å². The maximum Gasteiger partial charge on any atom is 0.269 e. The molecule has 0 saturated heterocycles. The monoisotopic (exact) mass is 235 g/mol. The number of nitro groups is 1. The zero-order chi connectivity index (χ0) is 12.7. The summed E-state index contributed by atoms with van der Waals surface area (Å²) in [5.74, 6) is 0. The minimum absolute atomic E-state index is 0.119. The summed E-state index contributed by atoms with van der Waals surface area (Å²) in [5.41, 5.74) is 6.54. The predicted molar refractivity (Wildman–Crippen MR) is 67.6 cm³/mol. The molecule has 0 aliphatic carbocycles. The third-order valence-electron chi connectivity index (χ3n) is 2.36. The Bertz CT molecular complexity index is 393. The number of nitrogens with two attached hydrogens (primary N) is 1. The highest BCUT2D eigenvalue weighted by molar-refractivity contribution is 5.34. The topological polar surface area (TPSA) is 72.4 Å². The van der Waals surface area contributed by atoms with E-state index in [0.717, 1.165) is 18.7 Å². The van der Waals surface area contributed by atoms with Crippen LogP contribution in [0, 0.1) is 10.1 Å². The van der Waals surface area contributed by atoms with Crippen molar-refractivity contribution in [1.29, 1.82) is 0 Å². The Morgan fingerprint density at radius 1 is 1.53 bits per heavy atom. The molecular weight excluding hydrogens is 218 g/mol. The van der Waals surface area contributed by atoms with Gasteiger partial charge in [-0.2, -0.15) is 0 Å². The lowest BCUT2D eigenvalue weighted by molar-refractivity contribution is -0.384. The van der Waals surface area contributed by atoms with Crippen molar-refractivity contribution in [3.05, 3.63) is 52.6 Å². The van der Waals surface area contributed by atoms with Gasteiger partial charge in [0.2, 0.25) is 0 Å². The van der Waals surface area contributed by atoms with Gasteiger partial charge in [-0.1, -0.05) is 18.2 Å². The molecule has 0 fully saturated rings. The van der Waals surface area contributed by atoms with Crippen LogP contribution in [0.1, 0.15) is 5.56 Å². The lowest BCUT2D eigenvalue weighted by Gasteiger charge is -2.19. The average molecular weight is 235 g/mol. The molecule has 0 heterocycles. The minimum atomic E-state index is -0.385. The first kappa shape index (κ1) is 13.3. The van der Waals surface area contributed by atoms with Crippen molar-refractivity contribution < 1.29 is 4.92 Å². The summed E-state index contributed by atoms with van der Waals surface area (Å²) in [6.07, 6.45) is 1.80. The molecule has 0 aromatic heterocycles. The number of hydrogen-bond acceptors (Lipinski definition) is 4. The lowest BCUT2D eigenvalue weighted by Crippen LogP contribution is -2.29. The van der Waals surface area contributed by atoms with Gasteiger partial charge in [0.05, 0.1) is 4.92 Å². The Morgan fingerprint density at radius 3 is 2.88 bits per heavy atom. The standard InChI is InChI=1S/C12H17N3O2/c1-2-7-14(8-6-13)10-11-4-3-5-12(9-11)15(16)17/h2-5,9H,1,6-8,10,13H2. The molecule has 0 aliphatic heterocycles. The molecular formula is C12H17N3O2.